The van der Waals surface area contributed by atoms with Crippen molar-refractivity contribution in [3.8, 4) is 0 Å². The highest BCUT2D eigenvalue weighted by Crippen LogP contribution is 2.06. The van der Waals surface area contributed by atoms with Gasteiger partial charge < -0.3 is 0 Å². The van der Waals surface area contributed by atoms with Crippen LogP contribution in [0, 0.1) is 0 Å². The number of nitrogens with zero attached hydrogens (tertiary/aromatic N) is 1. The van der Waals surface area contributed by atoms with E-state index in [-0.39, 0.29) is 0 Å². The summed E-state index contributed by atoms with van der Waals surface area (Å²) < 4.78 is 0. The number of hydrogen-bond acceptors (Lipinski definition) is 2. The first-order valence-corrected chi connectivity index (χ1v) is 5.47. The molecule has 0 atom stereocenters. The van der Waals surface area contributed by atoms with Gasteiger partial charge in [-0.15, -0.1) is 0 Å². The maximum Gasteiger partial charge on any atom is 0.0353 e. The summed E-state index contributed by atoms with van der Waals surface area (Å²) in [5.41, 5.74) is 4.83. The van der Waals surface area contributed by atoms with Crippen LogP contribution in [0.1, 0.15) is 24.8 Å². The Hall–Kier alpha value is -0.860. The molecule has 2 heteroatoms. The second-order valence-corrected chi connectivity index (χ2v) is 3.87. The van der Waals surface area contributed by atoms with Crippen LogP contribution in [0.5, 0.6) is 0 Å². The Kier molecular flexibility index (Phi) is 3.55. The van der Waals surface area contributed by atoms with Gasteiger partial charge >= 0.3 is 0 Å². The molecule has 1 N–H and O–H groups in total. The molecule has 76 valence electrons. The molecule has 0 bridgehead atoms. The molecular formula is C12H18N2. The average molecular weight is 190 g/mol. The zero-order chi connectivity index (χ0) is 9.64. The Morgan fingerprint density at radius 3 is 2.43 bits per heavy atom. The van der Waals surface area contributed by atoms with E-state index in [1.54, 1.807) is 0 Å². The molecule has 1 aromatic carbocycles. The maximum atomic E-state index is 3.47. The lowest BCUT2D eigenvalue weighted by molar-refractivity contribution is 0.151. The number of piperidine rings is 1. The number of nitrogens with one attached hydrogen (secondary N) is 1. The first-order valence-electron chi connectivity index (χ1n) is 5.47. The van der Waals surface area contributed by atoms with Gasteiger partial charge in [-0.2, -0.15) is 0 Å². The molecular weight excluding hydrogens is 172 g/mol. The Labute approximate surface area is 85.9 Å². The third-order valence-corrected chi connectivity index (χ3v) is 2.71. The van der Waals surface area contributed by atoms with Crippen LogP contribution in [-0.2, 0) is 6.54 Å². The van der Waals surface area contributed by atoms with Crippen molar-refractivity contribution in [3.05, 3.63) is 35.9 Å². The third-order valence-electron chi connectivity index (χ3n) is 2.71. The van der Waals surface area contributed by atoms with Gasteiger partial charge in [0.1, 0.15) is 0 Å². The van der Waals surface area contributed by atoms with Crippen LogP contribution in [-0.4, -0.2) is 18.1 Å². The Morgan fingerprint density at radius 1 is 1.00 bits per heavy atom. The van der Waals surface area contributed by atoms with E-state index >= 15 is 0 Å². The van der Waals surface area contributed by atoms with Crippen LogP contribution in [0.2, 0.25) is 0 Å². The zero-order valence-corrected chi connectivity index (χ0v) is 8.58. The summed E-state index contributed by atoms with van der Waals surface area (Å²) in [4.78, 5) is 0. The van der Waals surface area contributed by atoms with Gasteiger partial charge in [0.2, 0.25) is 0 Å². The number of rotatable bonds is 3. The van der Waals surface area contributed by atoms with Crippen molar-refractivity contribution < 1.29 is 0 Å². The molecule has 1 heterocycles. The molecule has 0 aliphatic carbocycles. The molecule has 1 saturated heterocycles. The van der Waals surface area contributed by atoms with Gasteiger partial charge in [0.15, 0.2) is 0 Å². The Balaban J connectivity index is 1.76. The van der Waals surface area contributed by atoms with Crippen LogP contribution in [0.15, 0.2) is 30.3 Å². The van der Waals surface area contributed by atoms with Crippen molar-refractivity contribution in [2.75, 3.05) is 13.1 Å². The quantitative estimate of drug-likeness (QED) is 0.786. The summed E-state index contributed by atoms with van der Waals surface area (Å²) >= 11 is 0. The zero-order valence-electron chi connectivity index (χ0n) is 8.58. The third kappa shape index (κ3) is 2.82. The molecule has 0 unspecified atom stereocenters. The predicted octanol–water partition coefficient (Wildman–Crippen LogP) is 2.18. The van der Waals surface area contributed by atoms with Gasteiger partial charge in [-0.05, 0) is 18.4 Å². The molecule has 0 aromatic heterocycles. The first-order chi connectivity index (χ1) is 6.95. The fourth-order valence-electron chi connectivity index (χ4n) is 1.85. The molecule has 0 saturated carbocycles. The monoisotopic (exact) mass is 190 g/mol. The number of hydrazine groups is 1. The summed E-state index contributed by atoms with van der Waals surface area (Å²) in [5, 5.41) is 2.34. The molecule has 2 rings (SSSR count). The van der Waals surface area contributed by atoms with Gasteiger partial charge in [-0.25, -0.2) is 5.01 Å². The summed E-state index contributed by atoms with van der Waals surface area (Å²) in [7, 11) is 0. The minimum absolute atomic E-state index is 0.959. The largest absolute Gasteiger partial charge is 0.251 e. The van der Waals surface area contributed by atoms with Gasteiger partial charge in [-0.3, -0.25) is 5.43 Å². The van der Waals surface area contributed by atoms with E-state index in [0.29, 0.717) is 0 Å². The van der Waals surface area contributed by atoms with Gasteiger partial charge in [0, 0.05) is 19.6 Å². The smallest absolute Gasteiger partial charge is 0.0353 e. The number of benzene rings is 1. The normalized spacial score (nSPS) is 18.3. The second kappa shape index (κ2) is 5.13. The molecule has 0 spiro atoms. The van der Waals surface area contributed by atoms with E-state index in [4.69, 9.17) is 0 Å². The fourth-order valence-corrected chi connectivity index (χ4v) is 1.85. The highest BCUT2D eigenvalue weighted by molar-refractivity contribution is 5.14. The van der Waals surface area contributed by atoms with E-state index in [1.165, 1.54) is 37.9 Å². The predicted molar refractivity (Wildman–Crippen MR) is 58.7 cm³/mol. The Bertz CT molecular complexity index is 252. The van der Waals surface area contributed by atoms with Crippen LogP contribution in [0.25, 0.3) is 0 Å². The molecule has 0 radical (unpaired) electrons. The molecule has 14 heavy (non-hydrogen) atoms. The van der Waals surface area contributed by atoms with Crippen LogP contribution >= 0.6 is 0 Å². The molecule has 2 nitrogen and oxygen atoms in total. The molecule has 1 aromatic rings. The summed E-state index contributed by atoms with van der Waals surface area (Å²) in [6.07, 6.45) is 4.06. The van der Waals surface area contributed by atoms with Crippen molar-refractivity contribution in [1.29, 1.82) is 0 Å². The van der Waals surface area contributed by atoms with Crippen molar-refractivity contribution in [3.63, 3.8) is 0 Å². The lowest BCUT2D eigenvalue weighted by Crippen LogP contribution is -2.41. The minimum Gasteiger partial charge on any atom is -0.251 e. The highest BCUT2D eigenvalue weighted by Gasteiger charge is 2.08. The van der Waals surface area contributed by atoms with E-state index < -0.39 is 0 Å². The van der Waals surface area contributed by atoms with Crippen molar-refractivity contribution in [2.45, 2.75) is 25.8 Å². The lowest BCUT2D eigenvalue weighted by atomic mass is 10.2. The van der Waals surface area contributed by atoms with Crippen molar-refractivity contribution in [1.82, 2.24) is 10.4 Å². The molecule has 0 amide bonds. The van der Waals surface area contributed by atoms with Gasteiger partial charge in [-0.1, -0.05) is 36.8 Å². The van der Waals surface area contributed by atoms with E-state index in [1.807, 2.05) is 0 Å². The topological polar surface area (TPSA) is 15.3 Å². The Morgan fingerprint density at radius 2 is 1.71 bits per heavy atom. The summed E-state index contributed by atoms with van der Waals surface area (Å²) in [5.74, 6) is 0. The summed E-state index contributed by atoms with van der Waals surface area (Å²) in [6.45, 7) is 3.36. The first kappa shape index (κ1) is 9.69. The molecule has 1 fully saturated rings. The maximum absolute atomic E-state index is 3.47. The van der Waals surface area contributed by atoms with Gasteiger partial charge in [0.25, 0.3) is 0 Å². The van der Waals surface area contributed by atoms with Gasteiger partial charge in [0.05, 0.1) is 0 Å². The summed E-state index contributed by atoms with van der Waals surface area (Å²) in [6, 6.07) is 10.6. The van der Waals surface area contributed by atoms with Crippen molar-refractivity contribution >= 4 is 0 Å². The second-order valence-electron chi connectivity index (χ2n) is 3.87. The minimum atomic E-state index is 0.959. The fraction of sp³-hybridized carbons (Fsp3) is 0.500. The van der Waals surface area contributed by atoms with E-state index in [9.17, 15) is 0 Å². The highest BCUT2D eigenvalue weighted by atomic mass is 15.5. The standard InChI is InChI=1S/C12H18N2/c1-3-7-12(8-4-1)11-13-14-9-5-2-6-10-14/h1,3-4,7-8,13H,2,5-6,9-11H2. The van der Waals surface area contributed by atoms with Crippen molar-refractivity contribution in [2.24, 2.45) is 0 Å². The van der Waals surface area contributed by atoms with E-state index in [0.717, 1.165) is 6.54 Å². The molecule has 1 aliphatic heterocycles. The average Bonchev–Trinajstić information content (AvgIpc) is 2.29. The molecule has 1 aliphatic rings. The van der Waals surface area contributed by atoms with Crippen LogP contribution in [0.4, 0.5) is 0 Å². The van der Waals surface area contributed by atoms with E-state index in [2.05, 4.69) is 40.8 Å². The lowest BCUT2D eigenvalue weighted by Gasteiger charge is -2.27. The SMILES string of the molecule is c1ccc(CNN2CCCCC2)cc1. The number of hydrogen-bond donors (Lipinski definition) is 1. The van der Waals surface area contributed by atoms with Crippen LogP contribution < -0.4 is 5.43 Å². The van der Waals surface area contributed by atoms with Crippen LogP contribution in [0.3, 0.4) is 0 Å².